The molecule has 0 unspecified atom stereocenters. The molecule has 0 aliphatic carbocycles. The number of anilines is 2. The highest BCUT2D eigenvalue weighted by atomic mass is 16.5. The van der Waals surface area contributed by atoms with Crippen LogP contribution in [0.3, 0.4) is 0 Å². The van der Waals surface area contributed by atoms with Crippen molar-refractivity contribution >= 4 is 11.9 Å². The Bertz CT molecular complexity index is 382. The van der Waals surface area contributed by atoms with Crippen LogP contribution in [0, 0.1) is 0 Å². The van der Waals surface area contributed by atoms with Gasteiger partial charge in [0.15, 0.2) is 0 Å². The Morgan fingerprint density at radius 3 is 2.61 bits per heavy atom. The average molecular weight is 253 g/mol. The second kappa shape index (κ2) is 6.34. The van der Waals surface area contributed by atoms with E-state index in [0.29, 0.717) is 19.2 Å². The molecule has 1 aliphatic heterocycles. The predicted octanol–water partition coefficient (Wildman–Crippen LogP) is 0.469. The zero-order valence-electron chi connectivity index (χ0n) is 10.6. The van der Waals surface area contributed by atoms with E-state index in [1.807, 2.05) is 0 Å². The number of rotatable bonds is 5. The smallest absolute Gasteiger partial charge is 0.323 e. The number of nitrogens with zero attached hydrogens (tertiary/aromatic N) is 4. The Labute approximate surface area is 106 Å². The van der Waals surface area contributed by atoms with E-state index in [4.69, 9.17) is 15.2 Å². The number of piperidine rings is 1. The molecule has 0 bridgehead atoms. The first-order valence-electron chi connectivity index (χ1n) is 6.18. The molecular formula is C11H19N5O2. The number of hydrogen-bond donors (Lipinski definition) is 1. The number of hydrogen-bond acceptors (Lipinski definition) is 7. The highest BCUT2D eigenvalue weighted by molar-refractivity contribution is 5.36. The summed E-state index contributed by atoms with van der Waals surface area (Å²) in [6.07, 6.45) is 3.57. The van der Waals surface area contributed by atoms with Gasteiger partial charge in [-0.3, -0.25) is 0 Å². The van der Waals surface area contributed by atoms with Crippen LogP contribution in [0.2, 0.25) is 0 Å². The highest BCUT2D eigenvalue weighted by Gasteiger charge is 2.15. The molecule has 100 valence electrons. The Kier molecular flexibility index (Phi) is 4.52. The molecule has 1 saturated heterocycles. The van der Waals surface area contributed by atoms with Crippen molar-refractivity contribution in [2.45, 2.75) is 19.3 Å². The molecule has 0 spiro atoms. The summed E-state index contributed by atoms with van der Waals surface area (Å²) in [5.74, 6) is 0.799. The molecule has 7 heteroatoms. The summed E-state index contributed by atoms with van der Waals surface area (Å²) < 4.78 is 10.3. The zero-order valence-corrected chi connectivity index (χ0v) is 10.6. The molecule has 18 heavy (non-hydrogen) atoms. The molecule has 0 atom stereocenters. The second-order valence-corrected chi connectivity index (χ2v) is 4.17. The minimum absolute atomic E-state index is 0.193. The lowest BCUT2D eigenvalue weighted by Crippen LogP contribution is -2.31. The molecule has 1 fully saturated rings. The summed E-state index contributed by atoms with van der Waals surface area (Å²) >= 11 is 0. The molecule has 2 heterocycles. The van der Waals surface area contributed by atoms with Gasteiger partial charge in [0.1, 0.15) is 6.61 Å². The largest absolute Gasteiger partial charge is 0.461 e. The van der Waals surface area contributed by atoms with E-state index in [1.165, 1.54) is 6.42 Å². The second-order valence-electron chi connectivity index (χ2n) is 4.17. The molecule has 1 aromatic heterocycles. The first-order chi connectivity index (χ1) is 8.79. The maximum Gasteiger partial charge on any atom is 0.323 e. The van der Waals surface area contributed by atoms with Crippen LogP contribution in [0.25, 0.3) is 0 Å². The number of methoxy groups -OCH3 is 1. The van der Waals surface area contributed by atoms with Gasteiger partial charge in [-0.05, 0) is 19.3 Å². The van der Waals surface area contributed by atoms with Crippen LogP contribution in [-0.2, 0) is 4.74 Å². The topological polar surface area (TPSA) is 86.4 Å². The lowest BCUT2D eigenvalue weighted by atomic mass is 10.1. The average Bonchev–Trinajstić information content (AvgIpc) is 2.39. The molecule has 1 aliphatic rings. The van der Waals surface area contributed by atoms with Gasteiger partial charge in [0.05, 0.1) is 6.61 Å². The van der Waals surface area contributed by atoms with E-state index in [1.54, 1.807) is 7.11 Å². The van der Waals surface area contributed by atoms with Gasteiger partial charge in [0.25, 0.3) is 0 Å². The van der Waals surface area contributed by atoms with Crippen molar-refractivity contribution in [1.29, 1.82) is 0 Å². The quantitative estimate of drug-likeness (QED) is 0.763. The fourth-order valence-electron chi connectivity index (χ4n) is 1.88. The van der Waals surface area contributed by atoms with Crippen molar-refractivity contribution in [3.05, 3.63) is 0 Å². The van der Waals surface area contributed by atoms with Crippen molar-refractivity contribution in [2.75, 3.05) is 44.0 Å². The van der Waals surface area contributed by atoms with Gasteiger partial charge in [0.2, 0.25) is 11.9 Å². The summed E-state index contributed by atoms with van der Waals surface area (Å²) in [7, 11) is 1.62. The van der Waals surface area contributed by atoms with Crippen LogP contribution < -0.4 is 15.4 Å². The third-order valence-corrected chi connectivity index (χ3v) is 2.78. The van der Waals surface area contributed by atoms with Crippen molar-refractivity contribution < 1.29 is 9.47 Å². The van der Waals surface area contributed by atoms with Crippen LogP contribution in [0.5, 0.6) is 6.01 Å². The van der Waals surface area contributed by atoms with Gasteiger partial charge in [0, 0.05) is 20.2 Å². The lowest BCUT2D eigenvalue weighted by molar-refractivity contribution is 0.141. The van der Waals surface area contributed by atoms with Crippen LogP contribution in [-0.4, -0.2) is 48.4 Å². The van der Waals surface area contributed by atoms with E-state index < -0.39 is 0 Å². The molecule has 0 radical (unpaired) electrons. The van der Waals surface area contributed by atoms with Gasteiger partial charge in [-0.15, -0.1) is 0 Å². The van der Waals surface area contributed by atoms with Crippen LogP contribution >= 0.6 is 0 Å². The fraction of sp³-hybridized carbons (Fsp3) is 0.727. The molecule has 0 aromatic carbocycles. The van der Waals surface area contributed by atoms with Gasteiger partial charge < -0.3 is 20.1 Å². The van der Waals surface area contributed by atoms with Gasteiger partial charge in [-0.25, -0.2) is 0 Å². The van der Waals surface area contributed by atoms with Crippen molar-refractivity contribution in [3.8, 4) is 6.01 Å². The molecule has 7 nitrogen and oxygen atoms in total. The third kappa shape index (κ3) is 3.43. The van der Waals surface area contributed by atoms with Crippen molar-refractivity contribution in [3.63, 3.8) is 0 Å². The van der Waals surface area contributed by atoms with Gasteiger partial charge in [-0.1, -0.05) is 0 Å². The summed E-state index contributed by atoms with van der Waals surface area (Å²) in [6, 6.07) is 0.264. The van der Waals surface area contributed by atoms with Crippen LogP contribution in [0.1, 0.15) is 19.3 Å². The Balaban J connectivity index is 2.05. The maximum atomic E-state index is 5.67. The number of aromatic nitrogens is 3. The van der Waals surface area contributed by atoms with E-state index >= 15 is 0 Å². The maximum absolute atomic E-state index is 5.67. The Morgan fingerprint density at radius 2 is 1.89 bits per heavy atom. The summed E-state index contributed by atoms with van der Waals surface area (Å²) in [5.41, 5.74) is 5.67. The van der Waals surface area contributed by atoms with Gasteiger partial charge >= 0.3 is 6.01 Å². The highest BCUT2D eigenvalue weighted by Crippen LogP contribution is 2.18. The first kappa shape index (κ1) is 12.8. The SMILES string of the molecule is COCCOc1nc(N)nc(N2CCCCC2)n1. The van der Waals surface area contributed by atoms with Crippen LogP contribution in [0.4, 0.5) is 11.9 Å². The molecule has 0 amide bonds. The Morgan fingerprint density at radius 1 is 1.11 bits per heavy atom. The van der Waals surface area contributed by atoms with E-state index in [9.17, 15) is 0 Å². The Hall–Kier alpha value is -1.63. The summed E-state index contributed by atoms with van der Waals surface area (Å²) in [6.45, 7) is 2.81. The molecule has 2 rings (SSSR count). The molecule has 0 saturated carbocycles. The van der Waals surface area contributed by atoms with Crippen molar-refractivity contribution in [2.24, 2.45) is 0 Å². The minimum atomic E-state index is 0.193. The van der Waals surface area contributed by atoms with Crippen molar-refractivity contribution in [1.82, 2.24) is 15.0 Å². The zero-order chi connectivity index (χ0) is 12.8. The standard InChI is InChI=1S/C11H19N5O2/c1-17-7-8-18-11-14-9(12)13-10(15-11)16-5-3-2-4-6-16/h2-8H2,1H3,(H2,12,13,14,15). The number of nitrogen functional groups attached to an aromatic ring is 1. The first-order valence-corrected chi connectivity index (χ1v) is 6.18. The van der Waals surface area contributed by atoms with E-state index in [0.717, 1.165) is 25.9 Å². The van der Waals surface area contributed by atoms with E-state index in [2.05, 4.69) is 19.9 Å². The lowest BCUT2D eigenvalue weighted by Gasteiger charge is -2.26. The fourth-order valence-corrected chi connectivity index (χ4v) is 1.88. The van der Waals surface area contributed by atoms with Gasteiger partial charge in [-0.2, -0.15) is 15.0 Å². The third-order valence-electron chi connectivity index (χ3n) is 2.78. The molecule has 2 N–H and O–H groups in total. The van der Waals surface area contributed by atoms with Crippen LogP contribution in [0.15, 0.2) is 0 Å². The minimum Gasteiger partial charge on any atom is -0.461 e. The number of nitrogens with two attached hydrogens (primary N) is 1. The number of ether oxygens (including phenoxy) is 2. The summed E-state index contributed by atoms with van der Waals surface area (Å²) in [5, 5.41) is 0. The predicted molar refractivity (Wildman–Crippen MR) is 67.7 cm³/mol. The molecular weight excluding hydrogens is 234 g/mol. The molecule has 1 aromatic rings. The normalized spacial score (nSPS) is 15.7. The summed E-state index contributed by atoms with van der Waals surface area (Å²) in [4.78, 5) is 14.5. The van der Waals surface area contributed by atoms with E-state index in [-0.39, 0.29) is 12.0 Å². The monoisotopic (exact) mass is 253 g/mol.